The maximum absolute atomic E-state index is 12.8. The van der Waals surface area contributed by atoms with Gasteiger partial charge in [0.25, 0.3) is 0 Å². The highest BCUT2D eigenvalue weighted by Crippen LogP contribution is 2.40. The molecular weight excluding hydrogens is 566 g/mol. The number of nitrogens with zero attached hydrogens (tertiary/aromatic N) is 5. The van der Waals surface area contributed by atoms with E-state index in [0.717, 1.165) is 29.8 Å². The summed E-state index contributed by atoms with van der Waals surface area (Å²) in [5.74, 6) is 0.261. The van der Waals surface area contributed by atoms with E-state index in [-0.39, 0.29) is 29.8 Å². The topological polar surface area (TPSA) is 125 Å². The second-order valence-electron chi connectivity index (χ2n) is 9.75. The predicted octanol–water partition coefficient (Wildman–Crippen LogP) is 3.22. The van der Waals surface area contributed by atoms with Gasteiger partial charge >= 0.3 is 15.8 Å². The molecule has 3 aromatic rings. The minimum absolute atomic E-state index is 0.0426. The molecule has 1 aromatic carbocycles. The molecule has 14 heteroatoms. The van der Waals surface area contributed by atoms with Crippen molar-refractivity contribution < 1.29 is 22.2 Å². The highest BCUT2D eigenvalue weighted by Gasteiger charge is 2.32. The van der Waals surface area contributed by atoms with Gasteiger partial charge in [-0.1, -0.05) is 22.8 Å². The second kappa shape index (κ2) is 10.8. The molecule has 2 aliphatic heterocycles. The van der Waals surface area contributed by atoms with Crippen molar-refractivity contribution in [3.05, 3.63) is 67.2 Å². The number of halogens is 1. The number of imidazole rings is 1. The van der Waals surface area contributed by atoms with Gasteiger partial charge in [-0.2, -0.15) is 8.42 Å². The summed E-state index contributed by atoms with van der Waals surface area (Å²) in [4.78, 5) is 37.3. The van der Waals surface area contributed by atoms with Crippen LogP contribution in [0.2, 0.25) is 5.02 Å². The minimum Gasteiger partial charge on any atom is -0.387 e. The summed E-state index contributed by atoms with van der Waals surface area (Å²) in [5.41, 5.74) is 2.33. The van der Waals surface area contributed by atoms with Gasteiger partial charge in [-0.15, -0.1) is 11.3 Å². The molecule has 39 heavy (non-hydrogen) atoms. The largest absolute Gasteiger partial charge is 0.387 e. The van der Waals surface area contributed by atoms with Crippen LogP contribution >= 0.6 is 22.9 Å². The Labute approximate surface area is 234 Å². The molecule has 1 saturated heterocycles. The number of hydrogen-bond donors (Lipinski definition) is 0. The van der Waals surface area contributed by atoms with Crippen molar-refractivity contribution in [3.8, 4) is 5.75 Å². The number of thiazole rings is 1. The quantitative estimate of drug-likeness (QED) is 0.385. The maximum Gasteiger partial charge on any atom is 0.328 e. The molecule has 11 nitrogen and oxygen atoms in total. The first-order chi connectivity index (χ1) is 18.5. The lowest BCUT2D eigenvalue weighted by Crippen LogP contribution is -2.41. The third-order valence-corrected chi connectivity index (χ3v) is 8.71. The molecule has 1 unspecified atom stereocenters. The first kappa shape index (κ1) is 27.4. The molecule has 0 N–H and O–H groups in total. The van der Waals surface area contributed by atoms with Crippen LogP contribution in [0.1, 0.15) is 53.2 Å². The SMILES string of the molecule is Cc1cn(C)c(=O)n1CC(=O)N1CCC(c2nc(C3=NOC(c4c(Cl)cccc4OS(C)(=O)=O)C3)cs2)CC1. The van der Waals surface area contributed by atoms with Crippen molar-refractivity contribution in [2.45, 2.75) is 44.8 Å². The van der Waals surface area contributed by atoms with E-state index < -0.39 is 16.2 Å². The van der Waals surface area contributed by atoms with Gasteiger partial charge in [-0.3, -0.25) is 9.36 Å². The Balaban J connectivity index is 1.20. The molecule has 208 valence electrons. The van der Waals surface area contributed by atoms with E-state index in [4.69, 9.17) is 25.6 Å². The van der Waals surface area contributed by atoms with Crippen molar-refractivity contribution in [2.24, 2.45) is 12.2 Å². The monoisotopic (exact) mass is 593 g/mol. The van der Waals surface area contributed by atoms with Crippen LogP contribution in [0.3, 0.4) is 0 Å². The van der Waals surface area contributed by atoms with Crippen LogP contribution in [-0.4, -0.2) is 58.4 Å². The van der Waals surface area contributed by atoms with Gasteiger partial charge < -0.3 is 18.5 Å². The number of oxime groups is 1. The van der Waals surface area contributed by atoms with Crippen LogP contribution in [-0.2, 0) is 33.3 Å². The van der Waals surface area contributed by atoms with Crippen molar-refractivity contribution in [1.29, 1.82) is 0 Å². The normalized spacial score (nSPS) is 18.2. The summed E-state index contributed by atoms with van der Waals surface area (Å²) in [6, 6.07) is 4.78. The van der Waals surface area contributed by atoms with Gasteiger partial charge in [-0.05, 0) is 31.9 Å². The van der Waals surface area contributed by atoms with Gasteiger partial charge in [0.05, 0.1) is 27.5 Å². The molecule has 1 atom stereocenters. The Morgan fingerprint density at radius 2 is 2.03 bits per heavy atom. The van der Waals surface area contributed by atoms with Crippen molar-refractivity contribution in [1.82, 2.24) is 19.0 Å². The zero-order valence-corrected chi connectivity index (χ0v) is 24.1. The Kier molecular flexibility index (Phi) is 7.57. The molecule has 0 bridgehead atoms. The predicted molar refractivity (Wildman–Crippen MR) is 147 cm³/mol. The van der Waals surface area contributed by atoms with E-state index in [1.807, 2.05) is 17.2 Å². The Morgan fingerprint density at radius 1 is 1.28 bits per heavy atom. The zero-order valence-electron chi connectivity index (χ0n) is 21.7. The third-order valence-electron chi connectivity index (χ3n) is 6.89. The number of likely N-dealkylation sites (tertiary alicyclic amines) is 1. The Morgan fingerprint density at radius 3 is 2.69 bits per heavy atom. The number of aromatic nitrogens is 3. The highest BCUT2D eigenvalue weighted by molar-refractivity contribution is 7.86. The fourth-order valence-corrected chi connectivity index (χ4v) is 6.67. The maximum atomic E-state index is 12.8. The molecule has 0 saturated carbocycles. The smallest absolute Gasteiger partial charge is 0.328 e. The molecule has 1 fully saturated rings. The van der Waals surface area contributed by atoms with Gasteiger partial charge in [0, 0.05) is 49.7 Å². The number of aryl methyl sites for hydroxylation is 2. The molecule has 5 rings (SSSR count). The summed E-state index contributed by atoms with van der Waals surface area (Å²) in [6.45, 7) is 3.06. The molecule has 2 aromatic heterocycles. The Hall–Kier alpha value is -3.16. The van der Waals surface area contributed by atoms with Crippen molar-refractivity contribution in [2.75, 3.05) is 19.3 Å². The molecule has 0 aliphatic carbocycles. The number of rotatable bonds is 7. The summed E-state index contributed by atoms with van der Waals surface area (Å²) < 4.78 is 31.5. The van der Waals surface area contributed by atoms with Crippen LogP contribution in [0.5, 0.6) is 5.75 Å². The molecular formula is C25H28ClN5O6S2. The van der Waals surface area contributed by atoms with Crippen LogP contribution in [0.25, 0.3) is 0 Å². The number of amides is 1. The minimum atomic E-state index is -3.75. The second-order valence-corrected chi connectivity index (χ2v) is 12.6. The molecule has 2 aliphatic rings. The fourth-order valence-electron chi connectivity index (χ4n) is 4.91. The van der Waals surface area contributed by atoms with Gasteiger partial charge in [0.1, 0.15) is 12.3 Å². The average Bonchev–Trinajstić information content (AvgIpc) is 3.60. The lowest BCUT2D eigenvalue weighted by Gasteiger charge is -2.31. The van der Waals surface area contributed by atoms with Gasteiger partial charge in [-0.25, -0.2) is 9.78 Å². The van der Waals surface area contributed by atoms with E-state index in [1.54, 1.807) is 36.7 Å². The number of carbonyl (C=O) groups is 1. The van der Waals surface area contributed by atoms with E-state index in [0.29, 0.717) is 41.5 Å². The van der Waals surface area contributed by atoms with Crippen LogP contribution in [0.15, 0.2) is 39.7 Å². The summed E-state index contributed by atoms with van der Waals surface area (Å²) in [5, 5.41) is 7.43. The summed E-state index contributed by atoms with van der Waals surface area (Å²) in [6.07, 6.45) is 4.00. The van der Waals surface area contributed by atoms with Gasteiger partial charge in [0.15, 0.2) is 11.9 Å². The zero-order chi connectivity index (χ0) is 27.9. The highest BCUT2D eigenvalue weighted by atomic mass is 35.5. The van der Waals surface area contributed by atoms with E-state index in [9.17, 15) is 18.0 Å². The Bertz CT molecular complexity index is 1600. The number of hydrogen-bond acceptors (Lipinski definition) is 9. The van der Waals surface area contributed by atoms with Gasteiger partial charge in [0.2, 0.25) is 5.91 Å². The molecule has 1 amide bonds. The van der Waals surface area contributed by atoms with Crippen LogP contribution in [0, 0.1) is 6.92 Å². The first-order valence-corrected chi connectivity index (χ1v) is 15.4. The summed E-state index contributed by atoms with van der Waals surface area (Å²) >= 11 is 7.91. The third kappa shape index (κ3) is 5.89. The van der Waals surface area contributed by atoms with Crippen molar-refractivity contribution in [3.63, 3.8) is 0 Å². The number of benzene rings is 1. The number of carbonyl (C=O) groups excluding carboxylic acids is 1. The fraction of sp³-hybridized carbons (Fsp3) is 0.440. The van der Waals surface area contributed by atoms with Crippen LogP contribution in [0.4, 0.5) is 0 Å². The molecule has 4 heterocycles. The lowest BCUT2D eigenvalue weighted by atomic mass is 9.97. The lowest BCUT2D eigenvalue weighted by molar-refractivity contribution is -0.133. The van der Waals surface area contributed by atoms with Crippen LogP contribution < -0.4 is 9.87 Å². The standard InChI is InChI=1S/C25H28ClN5O6S2/c1-15-12-29(2)25(33)31(15)13-22(32)30-9-7-16(8-10-30)24-27-19(14-38-24)18-11-21(36-28-18)23-17(26)5-4-6-20(23)37-39(3,34)35/h4-6,12,14,16,21H,7-11,13H2,1-3H3. The van der Waals surface area contributed by atoms with E-state index >= 15 is 0 Å². The van der Waals surface area contributed by atoms with E-state index in [2.05, 4.69) is 5.16 Å². The average molecular weight is 594 g/mol. The van der Waals surface area contributed by atoms with E-state index in [1.165, 1.54) is 15.2 Å². The molecule has 0 radical (unpaired) electrons. The first-order valence-electron chi connectivity index (χ1n) is 12.4. The number of piperidine rings is 1. The molecule has 0 spiro atoms. The summed E-state index contributed by atoms with van der Waals surface area (Å²) in [7, 11) is -2.08. The van der Waals surface area contributed by atoms with Crippen molar-refractivity contribution >= 4 is 44.7 Å².